The standard InChI is InChI=1S/C11H16N2O4S/c1-9-3-5-10(6-4-9)11(14)13-12-7-2-8-18(15,16)17/h3-6,12H,2,7-8H2,1H3,(H,13,14)(H,15,16,17). The quantitative estimate of drug-likeness (QED) is 0.398. The van der Waals surface area contributed by atoms with E-state index in [2.05, 4.69) is 10.9 Å². The van der Waals surface area contributed by atoms with Crippen LogP contribution in [0.4, 0.5) is 0 Å². The lowest BCUT2D eigenvalue weighted by Gasteiger charge is -2.06. The molecule has 0 aliphatic carbocycles. The first-order chi connectivity index (χ1) is 8.38. The van der Waals surface area contributed by atoms with E-state index >= 15 is 0 Å². The van der Waals surface area contributed by atoms with Crippen molar-refractivity contribution in [3.63, 3.8) is 0 Å². The van der Waals surface area contributed by atoms with Gasteiger partial charge in [-0.1, -0.05) is 17.7 Å². The van der Waals surface area contributed by atoms with Crippen LogP contribution in [0.25, 0.3) is 0 Å². The second-order valence-electron chi connectivity index (χ2n) is 3.89. The number of benzene rings is 1. The minimum atomic E-state index is -3.93. The monoisotopic (exact) mass is 272 g/mol. The molecule has 0 unspecified atom stereocenters. The molecule has 0 spiro atoms. The van der Waals surface area contributed by atoms with Crippen LogP contribution in [0.3, 0.4) is 0 Å². The fourth-order valence-corrected chi connectivity index (χ4v) is 1.77. The Kier molecular flexibility index (Phi) is 5.26. The molecule has 0 atom stereocenters. The Labute approximate surface area is 106 Å². The number of hydrogen-bond acceptors (Lipinski definition) is 4. The molecule has 0 saturated heterocycles. The summed E-state index contributed by atoms with van der Waals surface area (Å²) in [6, 6.07) is 7.05. The van der Waals surface area contributed by atoms with Gasteiger partial charge in [0.15, 0.2) is 0 Å². The van der Waals surface area contributed by atoms with E-state index < -0.39 is 10.1 Å². The maximum Gasteiger partial charge on any atom is 0.265 e. The molecule has 1 amide bonds. The number of nitrogens with one attached hydrogen (secondary N) is 2. The highest BCUT2D eigenvalue weighted by molar-refractivity contribution is 7.85. The zero-order valence-corrected chi connectivity index (χ0v) is 10.8. The van der Waals surface area contributed by atoms with Crippen LogP contribution in [0.5, 0.6) is 0 Å². The van der Waals surface area contributed by atoms with Gasteiger partial charge in [-0.15, -0.1) is 0 Å². The van der Waals surface area contributed by atoms with Crippen LogP contribution in [0.1, 0.15) is 22.3 Å². The third-order valence-electron chi connectivity index (χ3n) is 2.22. The van der Waals surface area contributed by atoms with E-state index in [9.17, 15) is 13.2 Å². The van der Waals surface area contributed by atoms with E-state index in [1.165, 1.54) is 0 Å². The predicted molar refractivity (Wildman–Crippen MR) is 67.7 cm³/mol. The number of amides is 1. The molecule has 0 heterocycles. The van der Waals surface area contributed by atoms with Crippen LogP contribution >= 0.6 is 0 Å². The fourth-order valence-electron chi connectivity index (χ4n) is 1.26. The van der Waals surface area contributed by atoms with Gasteiger partial charge in [-0.25, -0.2) is 5.43 Å². The van der Waals surface area contributed by atoms with Crippen molar-refractivity contribution in [2.24, 2.45) is 0 Å². The van der Waals surface area contributed by atoms with Gasteiger partial charge in [-0.3, -0.25) is 14.8 Å². The molecule has 0 radical (unpaired) electrons. The average Bonchev–Trinajstić information content (AvgIpc) is 2.27. The molecule has 1 aromatic rings. The van der Waals surface area contributed by atoms with Crippen LogP contribution in [0, 0.1) is 6.92 Å². The van der Waals surface area contributed by atoms with E-state index in [0.29, 0.717) is 5.56 Å². The molecule has 100 valence electrons. The minimum Gasteiger partial charge on any atom is -0.287 e. The first-order valence-electron chi connectivity index (χ1n) is 5.43. The van der Waals surface area contributed by atoms with Gasteiger partial charge >= 0.3 is 0 Å². The zero-order valence-electron chi connectivity index (χ0n) is 10.0. The van der Waals surface area contributed by atoms with E-state index in [0.717, 1.165) is 5.56 Å². The number of carbonyl (C=O) groups excluding carboxylic acids is 1. The smallest absolute Gasteiger partial charge is 0.265 e. The molecule has 0 fully saturated rings. The second-order valence-corrected chi connectivity index (χ2v) is 5.46. The molecule has 0 saturated carbocycles. The fraction of sp³-hybridized carbons (Fsp3) is 0.364. The molecule has 0 aromatic heterocycles. The van der Waals surface area contributed by atoms with Gasteiger partial charge in [-0.2, -0.15) is 8.42 Å². The van der Waals surface area contributed by atoms with Crippen LogP contribution in [-0.2, 0) is 10.1 Å². The largest absolute Gasteiger partial charge is 0.287 e. The molecule has 0 aliphatic rings. The molecular weight excluding hydrogens is 256 g/mol. The lowest BCUT2D eigenvalue weighted by atomic mass is 10.1. The number of hydrazine groups is 1. The van der Waals surface area contributed by atoms with E-state index in [-0.39, 0.29) is 24.6 Å². The highest BCUT2D eigenvalue weighted by Crippen LogP contribution is 2.02. The van der Waals surface area contributed by atoms with Crippen molar-refractivity contribution in [2.75, 3.05) is 12.3 Å². The third kappa shape index (κ3) is 5.76. The first kappa shape index (κ1) is 14.6. The average molecular weight is 272 g/mol. The summed E-state index contributed by atoms with van der Waals surface area (Å²) in [6.07, 6.45) is 0.215. The number of aryl methyl sites for hydroxylation is 1. The molecule has 1 aromatic carbocycles. The Morgan fingerprint density at radius 2 is 1.89 bits per heavy atom. The van der Waals surface area contributed by atoms with E-state index in [1.807, 2.05) is 19.1 Å². The third-order valence-corrected chi connectivity index (χ3v) is 3.02. The van der Waals surface area contributed by atoms with Gasteiger partial charge in [-0.05, 0) is 25.5 Å². The maximum atomic E-state index is 11.6. The Balaban J connectivity index is 2.28. The van der Waals surface area contributed by atoms with Gasteiger partial charge in [0.1, 0.15) is 0 Å². The van der Waals surface area contributed by atoms with Crippen LogP contribution in [0.15, 0.2) is 24.3 Å². The van der Waals surface area contributed by atoms with Crippen molar-refractivity contribution in [1.29, 1.82) is 0 Å². The highest BCUT2D eigenvalue weighted by atomic mass is 32.2. The van der Waals surface area contributed by atoms with Crippen molar-refractivity contribution in [3.8, 4) is 0 Å². The Morgan fingerprint density at radius 3 is 2.44 bits per heavy atom. The molecule has 0 bridgehead atoms. The van der Waals surface area contributed by atoms with Crippen LogP contribution in [0.2, 0.25) is 0 Å². The number of carbonyl (C=O) groups is 1. The summed E-state index contributed by atoms with van der Waals surface area (Å²) in [5.41, 5.74) is 6.61. The van der Waals surface area contributed by atoms with Gasteiger partial charge in [0.25, 0.3) is 16.0 Å². The Bertz CT molecular complexity index is 496. The van der Waals surface area contributed by atoms with Crippen molar-refractivity contribution in [1.82, 2.24) is 10.9 Å². The molecule has 6 nitrogen and oxygen atoms in total. The lowest BCUT2D eigenvalue weighted by molar-refractivity contribution is 0.0933. The van der Waals surface area contributed by atoms with Gasteiger partial charge in [0, 0.05) is 12.1 Å². The molecular formula is C11H16N2O4S. The molecule has 0 aliphatic heterocycles. The topological polar surface area (TPSA) is 95.5 Å². The Morgan fingerprint density at radius 1 is 1.28 bits per heavy atom. The van der Waals surface area contributed by atoms with Crippen molar-refractivity contribution < 1.29 is 17.8 Å². The lowest BCUT2D eigenvalue weighted by Crippen LogP contribution is -2.38. The summed E-state index contributed by atoms with van der Waals surface area (Å²) in [5.74, 6) is -0.623. The van der Waals surface area contributed by atoms with E-state index in [1.54, 1.807) is 12.1 Å². The maximum absolute atomic E-state index is 11.6. The minimum absolute atomic E-state index is 0.215. The molecule has 18 heavy (non-hydrogen) atoms. The molecule has 7 heteroatoms. The van der Waals surface area contributed by atoms with Crippen molar-refractivity contribution >= 4 is 16.0 Å². The molecule has 1 rings (SSSR count). The number of hydrogen-bond donors (Lipinski definition) is 3. The zero-order chi connectivity index (χ0) is 13.6. The van der Waals surface area contributed by atoms with Crippen LogP contribution < -0.4 is 10.9 Å². The highest BCUT2D eigenvalue weighted by Gasteiger charge is 2.05. The van der Waals surface area contributed by atoms with Crippen LogP contribution in [-0.4, -0.2) is 31.2 Å². The first-order valence-corrected chi connectivity index (χ1v) is 7.04. The summed E-state index contributed by atoms with van der Waals surface area (Å²) in [5, 5.41) is 0. The van der Waals surface area contributed by atoms with Crippen molar-refractivity contribution in [2.45, 2.75) is 13.3 Å². The predicted octanol–water partition coefficient (Wildman–Crippen LogP) is 0.507. The summed E-state index contributed by atoms with van der Waals surface area (Å²) < 4.78 is 29.3. The summed E-state index contributed by atoms with van der Waals surface area (Å²) in [7, 11) is -3.93. The SMILES string of the molecule is Cc1ccc(C(=O)NNCCCS(=O)(=O)O)cc1. The summed E-state index contributed by atoms with van der Waals surface area (Å²) in [4.78, 5) is 11.6. The van der Waals surface area contributed by atoms with Gasteiger partial charge in [0.2, 0.25) is 0 Å². The molecule has 3 N–H and O–H groups in total. The van der Waals surface area contributed by atoms with Crippen molar-refractivity contribution in [3.05, 3.63) is 35.4 Å². The summed E-state index contributed by atoms with van der Waals surface area (Å²) >= 11 is 0. The number of rotatable bonds is 6. The van der Waals surface area contributed by atoms with E-state index in [4.69, 9.17) is 4.55 Å². The normalized spacial score (nSPS) is 11.2. The van der Waals surface area contributed by atoms with Gasteiger partial charge < -0.3 is 0 Å². The second kappa shape index (κ2) is 6.48. The Hall–Kier alpha value is -1.44. The summed E-state index contributed by atoms with van der Waals surface area (Å²) in [6.45, 7) is 2.19. The van der Waals surface area contributed by atoms with Gasteiger partial charge in [0.05, 0.1) is 5.75 Å².